The summed E-state index contributed by atoms with van der Waals surface area (Å²) in [6.45, 7) is 2.50. The van der Waals surface area contributed by atoms with E-state index in [2.05, 4.69) is 5.32 Å². The second kappa shape index (κ2) is 6.52. The zero-order chi connectivity index (χ0) is 14.5. The largest absolute Gasteiger partial charge is 0.382 e. The third kappa shape index (κ3) is 3.57. The van der Waals surface area contributed by atoms with Crippen molar-refractivity contribution >= 4 is 17.5 Å². The number of fused-ring (bicyclic) bond motifs is 1. The molecule has 1 heterocycles. The predicted molar refractivity (Wildman–Crippen MR) is 76.2 cm³/mol. The lowest BCUT2D eigenvalue weighted by atomic mass is 10.1. The number of carbonyl (C=O) groups excluding carboxylic acids is 2. The molecule has 0 fully saturated rings. The number of nitrogens with zero attached hydrogens (tertiary/aromatic N) is 1. The maximum absolute atomic E-state index is 12.2. The van der Waals surface area contributed by atoms with E-state index in [9.17, 15) is 9.59 Å². The Labute approximate surface area is 118 Å². The molecule has 2 amide bonds. The van der Waals surface area contributed by atoms with Gasteiger partial charge in [0, 0.05) is 25.8 Å². The van der Waals surface area contributed by atoms with Gasteiger partial charge in [-0.1, -0.05) is 18.2 Å². The van der Waals surface area contributed by atoms with Crippen molar-refractivity contribution in [2.24, 2.45) is 0 Å². The summed E-state index contributed by atoms with van der Waals surface area (Å²) in [6, 6.07) is 7.57. The summed E-state index contributed by atoms with van der Waals surface area (Å²) >= 11 is 0. The Morgan fingerprint density at radius 2 is 2.15 bits per heavy atom. The van der Waals surface area contributed by atoms with Crippen LogP contribution in [0.4, 0.5) is 5.69 Å². The van der Waals surface area contributed by atoms with Crippen molar-refractivity contribution in [3.05, 3.63) is 29.8 Å². The Bertz CT molecular complexity index is 502. The van der Waals surface area contributed by atoms with Gasteiger partial charge in [0.1, 0.15) is 6.54 Å². The average Bonchev–Trinajstić information content (AvgIpc) is 2.62. The van der Waals surface area contributed by atoms with Crippen LogP contribution in [-0.4, -0.2) is 36.5 Å². The van der Waals surface area contributed by atoms with Gasteiger partial charge in [-0.2, -0.15) is 0 Å². The van der Waals surface area contributed by atoms with Crippen LogP contribution in [0.2, 0.25) is 0 Å². The third-order valence-corrected chi connectivity index (χ3v) is 3.51. The van der Waals surface area contributed by atoms with Crippen LogP contribution in [0.1, 0.15) is 25.3 Å². The van der Waals surface area contributed by atoms with Gasteiger partial charge in [-0.05, 0) is 25.0 Å². The van der Waals surface area contributed by atoms with Crippen LogP contribution in [-0.2, 0) is 20.9 Å². The Balaban J connectivity index is 2.05. The molecule has 0 aromatic heterocycles. The highest BCUT2D eigenvalue weighted by molar-refractivity contribution is 5.96. The molecule has 108 valence electrons. The van der Waals surface area contributed by atoms with Crippen molar-refractivity contribution in [3.63, 3.8) is 0 Å². The molecule has 0 saturated heterocycles. The number of para-hydroxylation sites is 1. The third-order valence-electron chi connectivity index (χ3n) is 3.51. The van der Waals surface area contributed by atoms with Crippen LogP contribution in [0, 0.1) is 0 Å². The van der Waals surface area contributed by atoms with E-state index < -0.39 is 0 Å². The van der Waals surface area contributed by atoms with E-state index in [1.807, 2.05) is 31.2 Å². The van der Waals surface area contributed by atoms with E-state index in [0.29, 0.717) is 19.4 Å². The molecule has 0 aliphatic carbocycles. The Hall–Kier alpha value is -1.88. The fourth-order valence-corrected chi connectivity index (χ4v) is 2.18. The van der Waals surface area contributed by atoms with Gasteiger partial charge in [0.15, 0.2) is 0 Å². The van der Waals surface area contributed by atoms with E-state index in [4.69, 9.17) is 4.74 Å². The molecule has 20 heavy (non-hydrogen) atoms. The maximum atomic E-state index is 12.2. The molecule has 1 atom stereocenters. The number of rotatable bonds is 4. The number of hydrogen-bond donors (Lipinski definition) is 1. The molecular formula is C15H20N2O3. The Kier molecular flexibility index (Phi) is 4.74. The number of anilines is 1. The second-order valence-electron chi connectivity index (χ2n) is 5.04. The summed E-state index contributed by atoms with van der Waals surface area (Å²) in [5.74, 6) is -0.163. The van der Waals surface area contributed by atoms with Crippen LogP contribution in [0.5, 0.6) is 0 Å². The summed E-state index contributed by atoms with van der Waals surface area (Å²) in [4.78, 5) is 25.6. The quantitative estimate of drug-likeness (QED) is 0.912. The summed E-state index contributed by atoms with van der Waals surface area (Å²) < 4.78 is 5.14. The summed E-state index contributed by atoms with van der Waals surface area (Å²) in [6.07, 6.45) is 1.10. The van der Waals surface area contributed by atoms with E-state index in [-0.39, 0.29) is 24.5 Å². The molecule has 1 unspecified atom stereocenters. The van der Waals surface area contributed by atoms with Crippen molar-refractivity contribution < 1.29 is 14.3 Å². The fourth-order valence-electron chi connectivity index (χ4n) is 2.18. The topological polar surface area (TPSA) is 58.6 Å². The van der Waals surface area contributed by atoms with Crippen molar-refractivity contribution in [2.75, 3.05) is 19.0 Å². The van der Waals surface area contributed by atoms with Crippen LogP contribution in [0.15, 0.2) is 24.3 Å². The molecule has 5 nitrogen and oxygen atoms in total. The van der Waals surface area contributed by atoms with Gasteiger partial charge in [-0.3, -0.25) is 9.59 Å². The normalized spacial score (nSPS) is 16.1. The van der Waals surface area contributed by atoms with Crippen molar-refractivity contribution in [1.29, 1.82) is 0 Å². The molecule has 5 heteroatoms. The average molecular weight is 276 g/mol. The number of ether oxygens (including phenoxy) is 1. The van der Waals surface area contributed by atoms with Gasteiger partial charge < -0.3 is 15.0 Å². The second-order valence-corrected chi connectivity index (χ2v) is 5.04. The molecule has 2 rings (SSSR count). The van der Waals surface area contributed by atoms with E-state index in [0.717, 1.165) is 11.3 Å². The molecule has 0 spiro atoms. The van der Waals surface area contributed by atoms with Crippen LogP contribution in [0.3, 0.4) is 0 Å². The first kappa shape index (κ1) is 14.5. The van der Waals surface area contributed by atoms with Gasteiger partial charge in [0.05, 0.1) is 6.10 Å². The van der Waals surface area contributed by atoms with Crippen LogP contribution in [0.25, 0.3) is 0 Å². The Morgan fingerprint density at radius 1 is 1.40 bits per heavy atom. The zero-order valence-corrected chi connectivity index (χ0v) is 11.9. The van der Waals surface area contributed by atoms with Crippen molar-refractivity contribution in [1.82, 2.24) is 4.90 Å². The molecule has 1 aliphatic heterocycles. The van der Waals surface area contributed by atoms with E-state index in [1.54, 1.807) is 12.0 Å². The highest BCUT2D eigenvalue weighted by Gasteiger charge is 2.22. The SMILES string of the molecule is COC(C)CCC(=O)N1CC(=O)Nc2ccccc2C1. The van der Waals surface area contributed by atoms with Gasteiger partial charge in [0.25, 0.3) is 0 Å². The van der Waals surface area contributed by atoms with Gasteiger partial charge in [-0.15, -0.1) is 0 Å². The highest BCUT2D eigenvalue weighted by Crippen LogP contribution is 2.20. The molecule has 0 radical (unpaired) electrons. The monoisotopic (exact) mass is 276 g/mol. The standard InChI is InChI=1S/C15H20N2O3/c1-11(20-2)7-8-15(19)17-9-12-5-3-4-6-13(12)16-14(18)10-17/h3-6,11H,7-10H2,1-2H3,(H,16,18). The maximum Gasteiger partial charge on any atom is 0.244 e. The number of hydrogen-bond acceptors (Lipinski definition) is 3. The number of benzene rings is 1. The predicted octanol–water partition coefficient (Wildman–Crippen LogP) is 1.78. The first-order valence-electron chi connectivity index (χ1n) is 6.78. The van der Waals surface area contributed by atoms with E-state index >= 15 is 0 Å². The van der Waals surface area contributed by atoms with Crippen LogP contribution >= 0.6 is 0 Å². The molecule has 0 bridgehead atoms. The van der Waals surface area contributed by atoms with Crippen molar-refractivity contribution in [2.45, 2.75) is 32.4 Å². The molecule has 0 saturated carbocycles. The molecular weight excluding hydrogens is 256 g/mol. The minimum Gasteiger partial charge on any atom is -0.382 e. The molecule has 1 N–H and O–H groups in total. The lowest BCUT2D eigenvalue weighted by Crippen LogP contribution is -2.35. The van der Waals surface area contributed by atoms with Gasteiger partial charge >= 0.3 is 0 Å². The highest BCUT2D eigenvalue weighted by atomic mass is 16.5. The molecule has 1 aromatic rings. The van der Waals surface area contributed by atoms with Gasteiger partial charge in [-0.25, -0.2) is 0 Å². The molecule has 1 aliphatic rings. The van der Waals surface area contributed by atoms with E-state index in [1.165, 1.54) is 0 Å². The smallest absolute Gasteiger partial charge is 0.244 e. The summed E-state index contributed by atoms with van der Waals surface area (Å²) in [5, 5.41) is 2.83. The summed E-state index contributed by atoms with van der Waals surface area (Å²) in [5.41, 5.74) is 1.75. The zero-order valence-electron chi connectivity index (χ0n) is 11.9. The van der Waals surface area contributed by atoms with Crippen molar-refractivity contribution in [3.8, 4) is 0 Å². The number of nitrogens with one attached hydrogen (secondary N) is 1. The first-order valence-corrected chi connectivity index (χ1v) is 6.78. The lowest BCUT2D eigenvalue weighted by molar-refractivity contribution is -0.135. The van der Waals surface area contributed by atoms with Gasteiger partial charge in [0.2, 0.25) is 11.8 Å². The van der Waals surface area contributed by atoms with Crippen LogP contribution < -0.4 is 5.32 Å². The minimum atomic E-state index is -0.150. The fraction of sp³-hybridized carbons (Fsp3) is 0.467. The molecule has 1 aromatic carbocycles. The minimum absolute atomic E-state index is 0.0132. The Morgan fingerprint density at radius 3 is 2.90 bits per heavy atom. The number of methoxy groups -OCH3 is 1. The number of carbonyl (C=O) groups is 2. The lowest BCUT2D eigenvalue weighted by Gasteiger charge is -2.20. The summed E-state index contributed by atoms with van der Waals surface area (Å²) in [7, 11) is 1.63. The number of amides is 2. The first-order chi connectivity index (χ1) is 9.60.